The van der Waals surface area contributed by atoms with Gasteiger partial charge in [0.2, 0.25) is 0 Å². The molecule has 1 saturated carbocycles. The summed E-state index contributed by atoms with van der Waals surface area (Å²) >= 11 is 0. The van der Waals surface area contributed by atoms with Crippen LogP contribution in [0.3, 0.4) is 0 Å². The Hall–Kier alpha value is -1.15. The van der Waals surface area contributed by atoms with E-state index in [2.05, 4.69) is 98.2 Å². The highest BCUT2D eigenvalue weighted by Crippen LogP contribution is 2.42. The number of aromatic nitrogens is 2. The molecule has 0 spiro atoms. The molecule has 1 aromatic carbocycles. The topological polar surface area (TPSA) is 45.5 Å². The molecule has 2 heterocycles. The largest absolute Gasteiger partial charge is 0.494 e. The van der Waals surface area contributed by atoms with Gasteiger partial charge in [0.15, 0.2) is 8.32 Å². The van der Waals surface area contributed by atoms with E-state index in [1.807, 2.05) is 0 Å². The van der Waals surface area contributed by atoms with Gasteiger partial charge in [-0.15, -0.1) is 0 Å². The number of benzene rings is 1. The van der Waals surface area contributed by atoms with E-state index in [0.717, 1.165) is 36.7 Å². The first-order valence-electron chi connectivity index (χ1n) is 13.6. The molecule has 0 unspecified atom stereocenters. The van der Waals surface area contributed by atoms with Crippen molar-refractivity contribution in [3.8, 4) is 0 Å². The summed E-state index contributed by atoms with van der Waals surface area (Å²) in [6, 6.07) is 6.97. The first-order valence-corrected chi connectivity index (χ1v) is 16.5. The van der Waals surface area contributed by atoms with E-state index in [4.69, 9.17) is 18.7 Å². The van der Waals surface area contributed by atoms with Crippen molar-refractivity contribution in [3.63, 3.8) is 0 Å². The summed E-state index contributed by atoms with van der Waals surface area (Å²) in [7, 11) is -2.10. The Balaban J connectivity index is 1.60. The number of hydrogen-bond acceptors (Lipinski definition) is 4. The first-order chi connectivity index (χ1) is 16.0. The summed E-state index contributed by atoms with van der Waals surface area (Å²) in [5.74, 6) is 1.55. The maximum absolute atomic E-state index is 6.78. The Morgan fingerprint density at radius 3 is 2.11 bits per heavy atom. The highest BCUT2D eigenvalue weighted by Gasteiger charge is 2.51. The summed E-state index contributed by atoms with van der Waals surface area (Å²) in [6.07, 6.45) is 4.87. The summed E-state index contributed by atoms with van der Waals surface area (Å²) in [4.78, 5) is 5.08. The SMILES string of the molecule is CC(C)c1nc2ccc(B3OC(C)(C)C(C)(C)O3)cc2n1[C@H]1CC[C@H](O[Si](C)(C)C(C)(C)C)CC1. The van der Waals surface area contributed by atoms with E-state index in [1.165, 1.54) is 11.3 Å². The van der Waals surface area contributed by atoms with Gasteiger partial charge in [-0.25, -0.2) is 4.98 Å². The van der Waals surface area contributed by atoms with Gasteiger partial charge >= 0.3 is 7.12 Å². The van der Waals surface area contributed by atoms with Crippen LogP contribution in [0.4, 0.5) is 0 Å². The Morgan fingerprint density at radius 1 is 1.03 bits per heavy atom. The molecule has 2 aliphatic rings. The predicted octanol–water partition coefficient (Wildman–Crippen LogP) is 6.96. The fourth-order valence-corrected chi connectivity index (χ4v) is 6.48. The van der Waals surface area contributed by atoms with Crippen LogP contribution >= 0.6 is 0 Å². The first kappa shape index (κ1) is 26.9. The van der Waals surface area contributed by atoms with Gasteiger partial charge < -0.3 is 18.3 Å². The molecule has 194 valence electrons. The van der Waals surface area contributed by atoms with E-state index in [0.29, 0.717) is 18.1 Å². The Morgan fingerprint density at radius 2 is 1.60 bits per heavy atom. The van der Waals surface area contributed by atoms with Crippen molar-refractivity contribution < 1.29 is 13.7 Å². The molecule has 1 aromatic heterocycles. The van der Waals surface area contributed by atoms with Crippen molar-refractivity contribution in [1.82, 2.24) is 9.55 Å². The summed E-state index contributed by atoms with van der Waals surface area (Å²) in [5, 5.41) is 0.249. The van der Waals surface area contributed by atoms with Crippen LogP contribution in [-0.4, -0.2) is 42.3 Å². The molecule has 1 aliphatic heterocycles. The fourth-order valence-electron chi connectivity index (χ4n) is 5.06. The van der Waals surface area contributed by atoms with E-state index in [1.54, 1.807) is 0 Å². The van der Waals surface area contributed by atoms with Crippen LogP contribution in [0.15, 0.2) is 18.2 Å². The molecule has 35 heavy (non-hydrogen) atoms. The van der Waals surface area contributed by atoms with Gasteiger partial charge in [0.05, 0.1) is 22.2 Å². The monoisotopic (exact) mass is 498 g/mol. The summed E-state index contributed by atoms with van der Waals surface area (Å²) in [5.41, 5.74) is 2.64. The van der Waals surface area contributed by atoms with Crippen molar-refractivity contribution in [2.75, 3.05) is 0 Å². The molecule has 2 aromatic rings. The third kappa shape index (κ3) is 5.03. The zero-order chi connectivity index (χ0) is 26.0. The normalized spacial score (nSPS) is 25.1. The molecule has 2 fully saturated rings. The van der Waals surface area contributed by atoms with E-state index < -0.39 is 8.32 Å². The Bertz CT molecular complexity index is 1050. The lowest BCUT2D eigenvalue weighted by molar-refractivity contribution is 0.00578. The summed E-state index contributed by atoms with van der Waals surface area (Å²) in [6.45, 7) is 24.7. The van der Waals surface area contributed by atoms with Crippen LogP contribution in [0.25, 0.3) is 11.0 Å². The number of rotatable bonds is 5. The number of hydrogen-bond donors (Lipinski definition) is 0. The maximum Gasteiger partial charge on any atom is 0.494 e. The van der Waals surface area contributed by atoms with Crippen molar-refractivity contribution in [1.29, 1.82) is 0 Å². The quantitative estimate of drug-likeness (QED) is 0.418. The van der Waals surface area contributed by atoms with Crippen LogP contribution in [0, 0.1) is 0 Å². The van der Waals surface area contributed by atoms with Crippen LogP contribution < -0.4 is 5.46 Å². The second kappa shape index (κ2) is 9.00. The molecule has 0 radical (unpaired) electrons. The van der Waals surface area contributed by atoms with Crippen LogP contribution in [-0.2, 0) is 13.7 Å². The van der Waals surface area contributed by atoms with E-state index in [-0.39, 0.29) is 23.4 Å². The average Bonchev–Trinajstić information content (AvgIpc) is 3.21. The Labute approximate surface area is 214 Å². The molecule has 0 atom stereocenters. The van der Waals surface area contributed by atoms with Crippen molar-refractivity contribution in [2.24, 2.45) is 0 Å². The van der Waals surface area contributed by atoms with Crippen LogP contribution in [0.5, 0.6) is 0 Å². The van der Waals surface area contributed by atoms with Gasteiger partial charge in [-0.05, 0) is 89.1 Å². The van der Waals surface area contributed by atoms with Crippen molar-refractivity contribution in [2.45, 2.75) is 135 Å². The summed E-state index contributed by atoms with van der Waals surface area (Å²) < 4.78 is 22.0. The third-order valence-electron chi connectivity index (χ3n) is 9.06. The zero-order valence-electron chi connectivity index (χ0n) is 24.0. The van der Waals surface area contributed by atoms with E-state index >= 15 is 0 Å². The highest BCUT2D eigenvalue weighted by molar-refractivity contribution is 6.74. The highest BCUT2D eigenvalue weighted by atomic mass is 28.4. The lowest BCUT2D eigenvalue weighted by Crippen LogP contribution is -2.44. The smallest absolute Gasteiger partial charge is 0.414 e. The maximum atomic E-state index is 6.78. The molecule has 7 heteroatoms. The van der Waals surface area contributed by atoms with Crippen LogP contribution in [0.2, 0.25) is 18.1 Å². The molecule has 5 nitrogen and oxygen atoms in total. The molecular formula is C28H47BN2O3Si. The van der Waals surface area contributed by atoms with Crippen molar-refractivity contribution >= 4 is 31.9 Å². The average molecular weight is 499 g/mol. The standard InChI is InChI=1S/C28H47BN2O3Si/c1-19(2)25-30-23-17-12-20(29-33-27(6,7)28(8,9)34-29)18-24(23)31(25)21-13-15-22(16-14-21)32-35(10,11)26(3,4)5/h12,17-19,21-22H,13-16H2,1-11H3/t21-,22-. The lowest BCUT2D eigenvalue weighted by Gasteiger charge is -2.41. The Kier molecular flexibility index (Phi) is 6.92. The zero-order valence-corrected chi connectivity index (χ0v) is 25.0. The van der Waals surface area contributed by atoms with Gasteiger partial charge in [0, 0.05) is 18.1 Å². The van der Waals surface area contributed by atoms with Crippen molar-refractivity contribution in [3.05, 3.63) is 24.0 Å². The second-order valence-electron chi connectivity index (χ2n) is 13.6. The van der Waals surface area contributed by atoms with Crippen LogP contribution in [0.1, 0.15) is 106 Å². The molecule has 1 saturated heterocycles. The minimum Gasteiger partial charge on any atom is -0.414 e. The van der Waals surface area contributed by atoms with Gasteiger partial charge in [-0.3, -0.25) is 0 Å². The third-order valence-corrected chi connectivity index (χ3v) is 13.6. The van der Waals surface area contributed by atoms with Gasteiger partial charge in [-0.1, -0.05) is 40.7 Å². The number of imidazole rings is 1. The molecule has 0 N–H and O–H groups in total. The predicted molar refractivity (Wildman–Crippen MR) is 149 cm³/mol. The second-order valence-corrected chi connectivity index (χ2v) is 18.4. The lowest BCUT2D eigenvalue weighted by atomic mass is 9.79. The molecule has 4 rings (SSSR count). The van der Waals surface area contributed by atoms with Gasteiger partial charge in [0.1, 0.15) is 5.82 Å². The minimum atomic E-state index is -1.75. The molecule has 0 amide bonds. The minimum absolute atomic E-state index is 0.249. The molecule has 1 aliphatic carbocycles. The number of fused-ring (bicyclic) bond motifs is 1. The van der Waals surface area contributed by atoms with Gasteiger partial charge in [0.25, 0.3) is 0 Å². The van der Waals surface area contributed by atoms with E-state index in [9.17, 15) is 0 Å². The number of nitrogens with zero attached hydrogens (tertiary/aromatic N) is 2. The fraction of sp³-hybridized carbons (Fsp3) is 0.750. The molecule has 0 bridgehead atoms. The van der Waals surface area contributed by atoms with Gasteiger partial charge in [-0.2, -0.15) is 0 Å². The molecular weight excluding hydrogens is 451 g/mol.